The fraction of sp³-hybridized carbons (Fsp3) is 0.600. The monoisotopic (exact) mass is 250 g/mol. The van der Waals surface area contributed by atoms with Gasteiger partial charge in [-0.05, 0) is 63.0 Å². The Morgan fingerprint density at radius 2 is 2.00 bits per heavy atom. The van der Waals surface area contributed by atoms with Crippen molar-refractivity contribution in [2.75, 3.05) is 26.2 Å². The molecule has 0 fully saturated rings. The molecule has 3 heteroatoms. The van der Waals surface area contributed by atoms with Crippen LogP contribution in [-0.2, 0) is 6.42 Å². The Morgan fingerprint density at radius 3 is 2.61 bits per heavy atom. The fourth-order valence-corrected chi connectivity index (χ4v) is 1.89. The highest BCUT2D eigenvalue weighted by atomic mass is 16.5. The van der Waals surface area contributed by atoms with Crippen LogP contribution in [0.4, 0.5) is 0 Å². The van der Waals surface area contributed by atoms with Gasteiger partial charge in [0, 0.05) is 0 Å². The molecule has 1 aromatic carbocycles. The molecule has 0 heterocycles. The summed E-state index contributed by atoms with van der Waals surface area (Å²) in [6, 6.07) is 8.34. The molecule has 1 rings (SSSR count). The maximum absolute atomic E-state index is 5.52. The Hall–Kier alpha value is -1.06. The molecule has 0 bridgehead atoms. The van der Waals surface area contributed by atoms with Gasteiger partial charge in [0.2, 0.25) is 0 Å². The predicted octanol–water partition coefficient (Wildman–Crippen LogP) is 2.20. The topological polar surface area (TPSA) is 47.3 Å². The molecule has 0 spiro atoms. The van der Waals surface area contributed by atoms with Gasteiger partial charge in [-0.15, -0.1) is 0 Å². The lowest BCUT2D eigenvalue weighted by molar-refractivity contribution is 0.340. The number of rotatable bonds is 9. The maximum Gasteiger partial charge on any atom is 0.119 e. The summed E-state index contributed by atoms with van der Waals surface area (Å²) < 4.78 is 5.42. The molecule has 0 amide bonds. The Bertz CT molecular complexity index is 311. The lowest BCUT2D eigenvalue weighted by atomic mass is 10.1. The van der Waals surface area contributed by atoms with Crippen LogP contribution in [0, 0.1) is 5.92 Å². The molecule has 0 saturated heterocycles. The zero-order chi connectivity index (χ0) is 13.2. The van der Waals surface area contributed by atoms with Crippen LogP contribution in [0.25, 0.3) is 0 Å². The zero-order valence-electron chi connectivity index (χ0n) is 11.6. The van der Waals surface area contributed by atoms with Crippen LogP contribution in [0.3, 0.4) is 0 Å². The summed E-state index contributed by atoms with van der Waals surface area (Å²) in [5, 5.41) is 3.47. The van der Waals surface area contributed by atoms with E-state index in [9.17, 15) is 0 Å². The van der Waals surface area contributed by atoms with Gasteiger partial charge in [0.25, 0.3) is 0 Å². The molecule has 1 unspecified atom stereocenters. The minimum Gasteiger partial charge on any atom is -0.494 e. The summed E-state index contributed by atoms with van der Waals surface area (Å²) in [6.07, 6.45) is 2.15. The largest absolute Gasteiger partial charge is 0.494 e. The van der Waals surface area contributed by atoms with Crippen LogP contribution in [-0.4, -0.2) is 26.2 Å². The van der Waals surface area contributed by atoms with Crippen LogP contribution < -0.4 is 15.8 Å². The van der Waals surface area contributed by atoms with E-state index in [4.69, 9.17) is 10.5 Å². The van der Waals surface area contributed by atoms with Crippen molar-refractivity contribution in [3.63, 3.8) is 0 Å². The standard InChI is InChI=1S/C15H26N2O/c1-3-18-15-6-4-14(5-7-15)9-11-17-12-13(2)8-10-16/h4-7,13,17H,3,8-12,16H2,1-2H3. The second-order valence-electron chi connectivity index (χ2n) is 4.71. The van der Waals surface area contributed by atoms with Crippen LogP contribution in [0.2, 0.25) is 0 Å². The molecular weight excluding hydrogens is 224 g/mol. The van der Waals surface area contributed by atoms with Gasteiger partial charge in [-0.25, -0.2) is 0 Å². The number of ether oxygens (including phenoxy) is 1. The van der Waals surface area contributed by atoms with Crippen molar-refractivity contribution in [2.24, 2.45) is 11.7 Å². The smallest absolute Gasteiger partial charge is 0.119 e. The SMILES string of the molecule is CCOc1ccc(CCNCC(C)CCN)cc1. The summed E-state index contributed by atoms with van der Waals surface area (Å²) in [4.78, 5) is 0. The Morgan fingerprint density at radius 1 is 1.28 bits per heavy atom. The molecule has 3 nitrogen and oxygen atoms in total. The average Bonchev–Trinajstić information content (AvgIpc) is 2.37. The molecule has 102 valence electrons. The van der Waals surface area contributed by atoms with E-state index < -0.39 is 0 Å². The van der Waals surface area contributed by atoms with Crippen LogP contribution >= 0.6 is 0 Å². The fourth-order valence-electron chi connectivity index (χ4n) is 1.89. The van der Waals surface area contributed by atoms with E-state index >= 15 is 0 Å². The number of hydrogen-bond donors (Lipinski definition) is 2. The van der Waals surface area contributed by atoms with Gasteiger partial charge in [0.1, 0.15) is 5.75 Å². The summed E-state index contributed by atoms with van der Waals surface area (Å²) in [5.74, 6) is 1.61. The first-order chi connectivity index (χ1) is 8.76. The third-order valence-electron chi connectivity index (χ3n) is 2.98. The normalized spacial score (nSPS) is 12.4. The van der Waals surface area contributed by atoms with Crippen molar-refractivity contribution < 1.29 is 4.74 Å². The van der Waals surface area contributed by atoms with Gasteiger partial charge in [0.05, 0.1) is 6.61 Å². The number of benzene rings is 1. The van der Waals surface area contributed by atoms with Crippen molar-refractivity contribution in [1.29, 1.82) is 0 Å². The maximum atomic E-state index is 5.52. The summed E-state index contributed by atoms with van der Waals surface area (Å²) in [6.45, 7) is 7.80. The molecule has 0 radical (unpaired) electrons. The number of nitrogens with one attached hydrogen (secondary N) is 1. The molecule has 0 aromatic heterocycles. The lowest BCUT2D eigenvalue weighted by Crippen LogP contribution is -2.24. The van der Waals surface area contributed by atoms with E-state index in [1.807, 2.05) is 19.1 Å². The number of hydrogen-bond acceptors (Lipinski definition) is 3. The molecule has 18 heavy (non-hydrogen) atoms. The minimum atomic E-state index is 0.662. The van der Waals surface area contributed by atoms with Crippen molar-refractivity contribution in [3.8, 4) is 5.75 Å². The lowest BCUT2D eigenvalue weighted by Gasteiger charge is -2.11. The van der Waals surface area contributed by atoms with Gasteiger partial charge in [-0.3, -0.25) is 0 Å². The van der Waals surface area contributed by atoms with Crippen molar-refractivity contribution in [2.45, 2.75) is 26.7 Å². The van der Waals surface area contributed by atoms with Gasteiger partial charge in [-0.2, -0.15) is 0 Å². The van der Waals surface area contributed by atoms with Gasteiger partial charge in [0.15, 0.2) is 0 Å². The van der Waals surface area contributed by atoms with Crippen molar-refractivity contribution in [1.82, 2.24) is 5.32 Å². The summed E-state index contributed by atoms with van der Waals surface area (Å²) >= 11 is 0. The van der Waals surface area contributed by atoms with Crippen LogP contribution in [0.15, 0.2) is 24.3 Å². The molecule has 3 N–H and O–H groups in total. The highest BCUT2D eigenvalue weighted by Gasteiger charge is 2.00. The van der Waals surface area contributed by atoms with E-state index in [1.165, 1.54) is 5.56 Å². The van der Waals surface area contributed by atoms with Crippen LogP contribution in [0.5, 0.6) is 5.75 Å². The van der Waals surface area contributed by atoms with Gasteiger partial charge < -0.3 is 15.8 Å². The van der Waals surface area contributed by atoms with E-state index in [2.05, 4.69) is 24.4 Å². The second kappa shape index (κ2) is 8.95. The first kappa shape index (κ1) is 15.0. The Kier molecular flexibility index (Phi) is 7.46. The van der Waals surface area contributed by atoms with Crippen LogP contribution in [0.1, 0.15) is 25.8 Å². The highest BCUT2D eigenvalue weighted by Crippen LogP contribution is 2.12. The quantitative estimate of drug-likeness (QED) is 0.661. The van der Waals surface area contributed by atoms with Gasteiger partial charge in [-0.1, -0.05) is 19.1 Å². The molecule has 0 aliphatic rings. The summed E-state index contributed by atoms with van der Waals surface area (Å²) in [5.41, 5.74) is 6.87. The highest BCUT2D eigenvalue weighted by molar-refractivity contribution is 5.27. The Labute approximate surface area is 111 Å². The Balaban J connectivity index is 2.19. The molecular formula is C15H26N2O. The summed E-state index contributed by atoms with van der Waals surface area (Å²) in [7, 11) is 0. The van der Waals surface area contributed by atoms with Crippen molar-refractivity contribution in [3.05, 3.63) is 29.8 Å². The minimum absolute atomic E-state index is 0.662. The first-order valence-corrected chi connectivity index (χ1v) is 6.88. The van der Waals surface area contributed by atoms with E-state index in [0.29, 0.717) is 5.92 Å². The van der Waals surface area contributed by atoms with E-state index in [1.54, 1.807) is 0 Å². The molecule has 0 saturated carbocycles. The third kappa shape index (κ3) is 6.03. The second-order valence-corrected chi connectivity index (χ2v) is 4.71. The molecule has 0 aliphatic heterocycles. The van der Waals surface area contributed by atoms with Gasteiger partial charge >= 0.3 is 0 Å². The molecule has 1 aromatic rings. The molecule has 1 atom stereocenters. The van der Waals surface area contributed by atoms with Crippen molar-refractivity contribution >= 4 is 0 Å². The third-order valence-corrected chi connectivity index (χ3v) is 2.98. The zero-order valence-corrected chi connectivity index (χ0v) is 11.6. The first-order valence-electron chi connectivity index (χ1n) is 6.88. The number of nitrogens with two attached hydrogens (primary N) is 1. The molecule has 0 aliphatic carbocycles. The predicted molar refractivity (Wildman–Crippen MR) is 77.0 cm³/mol. The van der Waals surface area contributed by atoms with E-state index in [-0.39, 0.29) is 0 Å². The van der Waals surface area contributed by atoms with E-state index in [0.717, 1.165) is 44.8 Å². The average molecular weight is 250 g/mol.